The van der Waals surface area contributed by atoms with Gasteiger partial charge in [-0.2, -0.15) is 39.5 Å². The van der Waals surface area contributed by atoms with Gasteiger partial charge in [-0.25, -0.2) is 13.4 Å². The molecular weight excluding hydrogens is 555 g/mol. The Morgan fingerprint density at radius 1 is 0.750 bits per heavy atom. The molecule has 0 amide bonds. The zero-order valence-corrected chi connectivity index (χ0v) is 18.6. The summed E-state index contributed by atoms with van der Waals surface area (Å²) < 4.78 is 148. The monoisotopic (exact) mass is 564 g/mol. The fourth-order valence-corrected chi connectivity index (χ4v) is 3.93. The molecule has 3 rings (SSSR count). The molecule has 0 unspecified atom stereocenters. The normalized spacial score (nSPS) is 12.9. The van der Waals surface area contributed by atoms with Gasteiger partial charge < -0.3 is 4.74 Å². The molecule has 0 spiro atoms. The number of rotatable bonds is 5. The van der Waals surface area contributed by atoms with E-state index in [-0.39, 0.29) is 23.9 Å². The van der Waals surface area contributed by atoms with E-state index in [9.17, 15) is 47.9 Å². The van der Waals surface area contributed by atoms with E-state index in [2.05, 4.69) is 4.98 Å². The maximum absolute atomic E-state index is 13.0. The van der Waals surface area contributed by atoms with Crippen molar-refractivity contribution in [1.82, 2.24) is 4.98 Å². The van der Waals surface area contributed by atoms with E-state index in [4.69, 9.17) is 16.3 Å². The molecule has 0 atom stereocenters. The zero-order valence-electron chi connectivity index (χ0n) is 17.1. The van der Waals surface area contributed by atoms with E-state index in [1.165, 1.54) is 0 Å². The highest BCUT2D eigenvalue weighted by molar-refractivity contribution is 7.92. The van der Waals surface area contributed by atoms with Crippen molar-refractivity contribution in [3.63, 3.8) is 0 Å². The van der Waals surface area contributed by atoms with Gasteiger partial charge in [-0.05, 0) is 48.5 Å². The molecule has 0 radical (unpaired) electrons. The SMILES string of the molecule is O=S(=O)(Nc1cc(C(F)(F)F)cc(C(F)(F)F)c1)c1ccc(Oc2ncc(C(F)(F)F)cc2Cl)cc1. The molecule has 0 saturated carbocycles. The van der Waals surface area contributed by atoms with Crippen LogP contribution >= 0.6 is 11.6 Å². The fourth-order valence-electron chi connectivity index (χ4n) is 2.68. The maximum atomic E-state index is 13.0. The molecule has 194 valence electrons. The number of halogens is 10. The Kier molecular flexibility index (Phi) is 7.11. The number of sulfonamides is 1. The van der Waals surface area contributed by atoms with Gasteiger partial charge in [0.2, 0.25) is 5.88 Å². The average Bonchev–Trinajstić information content (AvgIpc) is 2.73. The zero-order chi connectivity index (χ0) is 27.1. The minimum atomic E-state index is -5.19. The van der Waals surface area contributed by atoms with Gasteiger partial charge >= 0.3 is 18.5 Å². The first-order valence-corrected chi connectivity index (χ1v) is 11.1. The lowest BCUT2D eigenvalue weighted by Crippen LogP contribution is -2.16. The Balaban J connectivity index is 1.85. The third-order valence-electron chi connectivity index (χ3n) is 4.32. The Morgan fingerprint density at radius 3 is 1.69 bits per heavy atom. The van der Waals surface area contributed by atoms with Crippen LogP contribution in [0, 0.1) is 0 Å². The van der Waals surface area contributed by atoms with E-state index >= 15 is 0 Å². The van der Waals surface area contributed by atoms with Crippen LogP contribution in [0.1, 0.15) is 16.7 Å². The molecular formula is C20H10ClF9N2O3S. The summed E-state index contributed by atoms with van der Waals surface area (Å²) in [6.45, 7) is 0. The van der Waals surface area contributed by atoms with Crippen LogP contribution in [0.5, 0.6) is 11.6 Å². The van der Waals surface area contributed by atoms with Crippen LogP contribution < -0.4 is 9.46 Å². The van der Waals surface area contributed by atoms with Crippen molar-refractivity contribution in [3.05, 3.63) is 76.4 Å². The third kappa shape index (κ3) is 6.51. The molecule has 1 heterocycles. The van der Waals surface area contributed by atoms with Gasteiger partial charge in [0.25, 0.3) is 10.0 Å². The highest BCUT2D eigenvalue weighted by Gasteiger charge is 2.37. The van der Waals surface area contributed by atoms with Gasteiger partial charge in [0.05, 0.1) is 27.3 Å². The number of hydrogen-bond donors (Lipinski definition) is 1. The van der Waals surface area contributed by atoms with Gasteiger partial charge in [0, 0.05) is 6.20 Å². The van der Waals surface area contributed by atoms with Crippen LogP contribution in [0.3, 0.4) is 0 Å². The van der Waals surface area contributed by atoms with Gasteiger partial charge in [-0.3, -0.25) is 4.72 Å². The first-order valence-electron chi connectivity index (χ1n) is 9.19. The molecule has 0 aliphatic heterocycles. The molecule has 5 nitrogen and oxygen atoms in total. The predicted molar refractivity (Wildman–Crippen MR) is 108 cm³/mol. The van der Waals surface area contributed by atoms with E-state index in [1.807, 2.05) is 0 Å². The van der Waals surface area contributed by atoms with Crippen molar-refractivity contribution in [2.45, 2.75) is 23.4 Å². The van der Waals surface area contributed by atoms with E-state index in [0.717, 1.165) is 24.3 Å². The minimum absolute atomic E-state index is 0.137. The Morgan fingerprint density at radius 2 is 1.25 bits per heavy atom. The number of anilines is 1. The molecule has 0 aliphatic carbocycles. The smallest absolute Gasteiger partial charge is 0.417 e. The predicted octanol–water partition coefficient (Wildman–Crippen LogP) is 7.38. The molecule has 36 heavy (non-hydrogen) atoms. The number of pyridine rings is 1. The highest BCUT2D eigenvalue weighted by atomic mass is 35.5. The van der Waals surface area contributed by atoms with Crippen LogP contribution in [0.4, 0.5) is 45.2 Å². The number of ether oxygens (including phenoxy) is 1. The Bertz CT molecular complexity index is 1340. The van der Waals surface area contributed by atoms with Crippen molar-refractivity contribution in [1.29, 1.82) is 0 Å². The Hall–Kier alpha value is -3.20. The molecule has 0 fully saturated rings. The summed E-state index contributed by atoms with van der Waals surface area (Å²) in [7, 11) is -4.66. The summed E-state index contributed by atoms with van der Waals surface area (Å²) in [5.41, 5.74) is -5.58. The summed E-state index contributed by atoms with van der Waals surface area (Å²) in [6.07, 6.45) is -14.6. The molecule has 0 bridgehead atoms. The summed E-state index contributed by atoms with van der Waals surface area (Å²) in [4.78, 5) is 2.86. The van der Waals surface area contributed by atoms with Gasteiger partial charge in [0.1, 0.15) is 10.8 Å². The van der Waals surface area contributed by atoms with Gasteiger partial charge in [-0.15, -0.1) is 0 Å². The molecule has 2 aromatic carbocycles. The average molecular weight is 565 g/mol. The van der Waals surface area contributed by atoms with Crippen LogP contribution in [-0.4, -0.2) is 13.4 Å². The second kappa shape index (κ2) is 9.35. The van der Waals surface area contributed by atoms with Crippen LogP contribution in [0.25, 0.3) is 0 Å². The van der Waals surface area contributed by atoms with Crippen molar-refractivity contribution < 1.29 is 52.7 Å². The van der Waals surface area contributed by atoms with Gasteiger partial charge in [0.15, 0.2) is 0 Å². The van der Waals surface area contributed by atoms with Crippen molar-refractivity contribution in [3.8, 4) is 11.6 Å². The molecule has 1 N–H and O–H groups in total. The first kappa shape index (κ1) is 27.4. The Labute approximate surface area is 201 Å². The quantitative estimate of drug-likeness (QED) is 0.328. The number of hydrogen-bond acceptors (Lipinski definition) is 4. The van der Waals surface area contributed by atoms with Crippen LogP contribution in [0.15, 0.2) is 59.6 Å². The first-order chi connectivity index (χ1) is 16.4. The summed E-state index contributed by atoms with van der Waals surface area (Å²) in [6, 6.07) is 4.57. The lowest BCUT2D eigenvalue weighted by molar-refractivity contribution is -0.143. The van der Waals surface area contributed by atoms with Crippen molar-refractivity contribution in [2.75, 3.05) is 4.72 Å². The van der Waals surface area contributed by atoms with E-state index < -0.39 is 66.7 Å². The molecule has 16 heteroatoms. The topological polar surface area (TPSA) is 68.3 Å². The maximum Gasteiger partial charge on any atom is 0.417 e. The molecule has 3 aromatic rings. The third-order valence-corrected chi connectivity index (χ3v) is 5.99. The van der Waals surface area contributed by atoms with Crippen molar-refractivity contribution >= 4 is 27.3 Å². The lowest BCUT2D eigenvalue weighted by Gasteiger charge is -2.15. The van der Waals surface area contributed by atoms with Crippen molar-refractivity contribution in [2.24, 2.45) is 0 Å². The standard InChI is InChI=1S/C20H10ClF9N2O3S/c21-16-8-12(20(28,29)30)9-31-17(16)35-14-1-3-15(4-2-14)36(33,34)32-13-6-10(18(22,23)24)5-11(7-13)19(25,26)27/h1-9,32H. The summed E-state index contributed by atoms with van der Waals surface area (Å²) in [5, 5.41) is -0.506. The second-order valence-electron chi connectivity index (χ2n) is 6.98. The lowest BCUT2D eigenvalue weighted by atomic mass is 10.1. The highest BCUT2D eigenvalue weighted by Crippen LogP contribution is 2.38. The largest absolute Gasteiger partial charge is 0.438 e. The number of nitrogens with one attached hydrogen (secondary N) is 1. The van der Waals surface area contributed by atoms with Crippen LogP contribution in [0.2, 0.25) is 5.02 Å². The number of benzene rings is 2. The summed E-state index contributed by atoms with van der Waals surface area (Å²) in [5.74, 6) is -0.580. The summed E-state index contributed by atoms with van der Waals surface area (Å²) >= 11 is 5.72. The van der Waals surface area contributed by atoms with E-state index in [0.29, 0.717) is 12.3 Å². The number of aromatic nitrogens is 1. The molecule has 0 aliphatic rings. The second-order valence-corrected chi connectivity index (χ2v) is 9.07. The number of alkyl halides is 9. The van der Waals surface area contributed by atoms with E-state index in [1.54, 1.807) is 4.72 Å². The molecule has 1 aromatic heterocycles. The minimum Gasteiger partial charge on any atom is -0.438 e. The fraction of sp³-hybridized carbons (Fsp3) is 0.150. The van der Waals surface area contributed by atoms with Gasteiger partial charge in [-0.1, -0.05) is 11.6 Å². The van der Waals surface area contributed by atoms with Crippen LogP contribution in [-0.2, 0) is 28.6 Å². The molecule has 0 saturated heterocycles. The number of nitrogens with zero attached hydrogens (tertiary/aromatic N) is 1.